The van der Waals surface area contributed by atoms with Gasteiger partial charge in [-0.3, -0.25) is 10.1 Å². The van der Waals surface area contributed by atoms with E-state index in [-0.39, 0.29) is 5.97 Å². The van der Waals surface area contributed by atoms with E-state index in [2.05, 4.69) is 31.1 Å². The van der Waals surface area contributed by atoms with E-state index in [4.69, 9.17) is 4.74 Å². The zero-order chi connectivity index (χ0) is 14.5. The quantitative estimate of drug-likeness (QED) is 0.651. The normalized spacial score (nSPS) is 20.1. The summed E-state index contributed by atoms with van der Waals surface area (Å²) >= 11 is 0. The van der Waals surface area contributed by atoms with Crippen molar-refractivity contribution in [3.05, 3.63) is 0 Å². The summed E-state index contributed by atoms with van der Waals surface area (Å²) in [6.45, 7) is 10.4. The third kappa shape index (κ3) is 5.49. The fourth-order valence-corrected chi connectivity index (χ4v) is 2.40. The fourth-order valence-electron chi connectivity index (χ4n) is 2.40. The second-order valence-electron chi connectivity index (χ2n) is 6.18. The second-order valence-corrected chi connectivity index (χ2v) is 6.18. The van der Waals surface area contributed by atoms with Crippen LogP contribution in [0.4, 0.5) is 0 Å². The first-order valence-electron chi connectivity index (χ1n) is 7.54. The summed E-state index contributed by atoms with van der Waals surface area (Å²) in [5.41, 5.74) is -0.584. The predicted molar refractivity (Wildman–Crippen MR) is 78.1 cm³/mol. The highest BCUT2D eigenvalue weighted by Gasteiger charge is 2.40. The smallest absolute Gasteiger partial charge is 0.327 e. The van der Waals surface area contributed by atoms with Gasteiger partial charge in [-0.05, 0) is 39.7 Å². The molecule has 19 heavy (non-hydrogen) atoms. The Balaban J connectivity index is 2.59. The minimum absolute atomic E-state index is 0.127. The van der Waals surface area contributed by atoms with Crippen LogP contribution in [0.25, 0.3) is 0 Å². The molecule has 1 saturated carbocycles. The van der Waals surface area contributed by atoms with Crippen LogP contribution in [-0.4, -0.2) is 49.2 Å². The number of hydrogen-bond donors (Lipinski definition) is 1. The van der Waals surface area contributed by atoms with Gasteiger partial charge in [-0.15, -0.1) is 0 Å². The lowest BCUT2D eigenvalue weighted by atomic mass is 10.0. The standard InChI is InChI=1S/C15H30N2O2/c1-6-12(3)10-17(5)11-15(4,14(18)19-7-2)16-13-8-9-13/h12-13,16H,6-11H2,1-5H3. The van der Waals surface area contributed by atoms with Crippen LogP contribution in [-0.2, 0) is 9.53 Å². The first kappa shape index (κ1) is 16.4. The molecule has 0 aromatic heterocycles. The van der Waals surface area contributed by atoms with E-state index in [0.717, 1.165) is 13.0 Å². The zero-order valence-electron chi connectivity index (χ0n) is 13.2. The molecule has 1 aliphatic carbocycles. The molecule has 1 rings (SSSR count). The van der Waals surface area contributed by atoms with Crippen molar-refractivity contribution >= 4 is 5.97 Å². The molecule has 1 aliphatic rings. The average Bonchev–Trinajstić information content (AvgIpc) is 3.12. The molecular weight excluding hydrogens is 240 g/mol. The highest BCUT2D eigenvalue weighted by molar-refractivity contribution is 5.80. The van der Waals surface area contributed by atoms with Crippen LogP contribution in [0.15, 0.2) is 0 Å². The van der Waals surface area contributed by atoms with E-state index < -0.39 is 5.54 Å². The predicted octanol–water partition coefficient (Wildman–Crippen LogP) is 2.04. The zero-order valence-corrected chi connectivity index (χ0v) is 13.2. The average molecular weight is 270 g/mol. The van der Waals surface area contributed by atoms with Gasteiger partial charge in [0.1, 0.15) is 5.54 Å². The van der Waals surface area contributed by atoms with E-state index in [1.807, 2.05) is 13.8 Å². The van der Waals surface area contributed by atoms with Gasteiger partial charge in [0.05, 0.1) is 6.61 Å². The van der Waals surface area contributed by atoms with Crippen LogP contribution in [0, 0.1) is 5.92 Å². The lowest BCUT2D eigenvalue weighted by Gasteiger charge is -2.33. The molecule has 0 aromatic rings. The Morgan fingerprint density at radius 1 is 1.47 bits per heavy atom. The molecule has 2 atom stereocenters. The highest BCUT2D eigenvalue weighted by Crippen LogP contribution is 2.24. The fraction of sp³-hybridized carbons (Fsp3) is 0.933. The van der Waals surface area contributed by atoms with Gasteiger partial charge in [0, 0.05) is 19.1 Å². The molecule has 0 aromatic carbocycles. The van der Waals surface area contributed by atoms with Crippen LogP contribution in [0.3, 0.4) is 0 Å². The van der Waals surface area contributed by atoms with Crippen molar-refractivity contribution < 1.29 is 9.53 Å². The molecule has 0 spiro atoms. The Hall–Kier alpha value is -0.610. The Kier molecular flexibility index (Phi) is 6.27. The van der Waals surface area contributed by atoms with E-state index >= 15 is 0 Å². The topological polar surface area (TPSA) is 41.6 Å². The largest absolute Gasteiger partial charge is 0.465 e. The summed E-state index contributed by atoms with van der Waals surface area (Å²) in [7, 11) is 2.08. The summed E-state index contributed by atoms with van der Waals surface area (Å²) in [6.07, 6.45) is 3.50. The number of nitrogens with one attached hydrogen (secondary N) is 1. The highest BCUT2D eigenvalue weighted by atomic mass is 16.5. The molecule has 112 valence electrons. The Labute approximate surface area is 117 Å². The number of hydrogen-bond acceptors (Lipinski definition) is 4. The maximum Gasteiger partial charge on any atom is 0.327 e. The number of carbonyl (C=O) groups excluding carboxylic acids is 1. The maximum absolute atomic E-state index is 12.2. The molecule has 0 heterocycles. The third-order valence-electron chi connectivity index (χ3n) is 3.73. The molecule has 2 unspecified atom stereocenters. The lowest BCUT2D eigenvalue weighted by Crippen LogP contribution is -2.58. The van der Waals surface area contributed by atoms with Gasteiger partial charge in [-0.1, -0.05) is 20.3 Å². The van der Waals surface area contributed by atoms with Crippen molar-refractivity contribution in [3.63, 3.8) is 0 Å². The molecule has 4 heteroatoms. The van der Waals surface area contributed by atoms with Gasteiger partial charge >= 0.3 is 5.97 Å². The van der Waals surface area contributed by atoms with Crippen LogP contribution < -0.4 is 5.32 Å². The minimum atomic E-state index is -0.584. The minimum Gasteiger partial charge on any atom is -0.465 e. The molecule has 1 fully saturated rings. The van der Waals surface area contributed by atoms with Gasteiger partial charge in [0.15, 0.2) is 0 Å². The molecule has 1 N–H and O–H groups in total. The number of likely N-dealkylation sites (N-methyl/N-ethyl adjacent to an activating group) is 1. The van der Waals surface area contributed by atoms with Crippen molar-refractivity contribution in [2.75, 3.05) is 26.7 Å². The second kappa shape index (κ2) is 7.25. The number of nitrogens with zero attached hydrogens (tertiary/aromatic N) is 1. The molecular formula is C15H30N2O2. The number of rotatable bonds is 9. The number of ether oxygens (including phenoxy) is 1. The van der Waals surface area contributed by atoms with Gasteiger partial charge in [0.2, 0.25) is 0 Å². The molecule has 4 nitrogen and oxygen atoms in total. The number of esters is 1. The van der Waals surface area contributed by atoms with Crippen molar-refractivity contribution in [2.24, 2.45) is 5.92 Å². The SMILES string of the molecule is CCOC(=O)C(C)(CN(C)CC(C)CC)NC1CC1. The van der Waals surface area contributed by atoms with Crippen molar-refractivity contribution in [1.82, 2.24) is 10.2 Å². The Morgan fingerprint density at radius 2 is 2.11 bits per heavy atom. The maximum atomic E-state index is 12.2. The third-order valence-corrected chi connectivity index (χ3v) is 3.73. The monoisotopic (exact) mass is 270 g/mol. The van der Waals surface area contributed by atoms with Crippen molar-refractivity contribution in [3.8, 4) is 0 Å². The van der Waals surface area contributed by atoms with Gasteiger partial charge in [-0.25, -0.2) is 0 Å². The van der Waals surface area contributed by atoms with Gasteiger partial charge < -0.3 is 9.64 Å². The van der Waals surface area contributed by atoms with Crippen molar-refractivity contribution in [1.29, 1.82) is 0 Å². The van der Waals surface area contributed by atoms with E-state index in [9.17, 15) is 4.79 Å². The molecule has 0 radical (unpaired) electrons. The summed E-state index contributed by atoms with van der Waals surface area (Å²) in [5, 5.41) is 3.46. The summed E-state index contributed by atoms with van der Waals surface area (Å²) < 4.78 is 5.24. The number of carbonyl (C=O) groups is 1. The van der Waals surface area contributed by atoms with Crippen LogP contribution in [0.1, 0.15) is 47.0 Å². The van der Waals surface area contributed by atoms with E-state index in [1.54, 1.807) is 0 Å². The molecule has 0 amide bonds. The lowest BCUT2D eigenvalue weighted by molar-refractivity contribution is -0.151. The summed E-state index contributed by atoms with van der Waals surface area (Å²) in [4.78, 5) is 14.4. The van der Waals surface area contributed by atoms with E-state index in [1.165, 1.54) is 12.8 Å². The van der Waals surface area contributed by atoms with Crippen LogP contribution >= 0.6 is 0 Å². The molecule has 0 aliphatic heterocycles. The van der Waals surface area contributed by atoms with E-state index in [0.29, 0.717) is 25.1 Å². The van der Waals surface area contributed by atoms with Gasteiger partial charge in [-0.2, -0.15) is 0 Å². The van der Waals surface area contributed by atoms with Crippen molar-refractivity contribution in [2.45, 2.75) is 58.5 Å². The first-order chi connectivity index (χ1) is 8.91. The summed E-state index contributed by atoms with van der Waals surface area (Å²) in [6, 6.07) is 0.492. The van der Waals surface area contributed by atoms with Gasteiger partial charge in [0.25, 0.3) is 0 Å². The first-order valence-corrected chi connectivity index (χ1v) is 7.54. The molecule has 0 bridgehead atoms. The Bertz CT molecular complexity index is 292. The van der Waals surface area contributed by atoms with Crippen LogP contribution in [0.5, 0.6) is 0 Å². The molecule has 0 saturated heterocycles. The van der Waals surface area contributed by atoms with Crippen LogP contribution in [0.2, 0.25) is 0 Å². The Morgan fingerprint density at radius 3 is 2.58 bits per heavy atom. The summed E-state index contributed by atoms with van der Waals surface area (Å²) in [5.74, 6) is 0.523.